The van der Waals surface area contributed by atoms with Gasteiger partial charge < -0.3 is 10.3 Å². The minimum absolute atomic E-state index is 0.105. The third kappa shape index (κ3) is 6.08. The van der Waals surface area contributed by atoms with E-state index in [2.05, 4.69) is 20.0 Å². The molecular formula is C23H26N4O6S2. The zero-order valence-corrected chi connectivity index (χ0v) is 21.1. The molecule has 12 heteroatoms. The molecule has 0 amide bonds. The lowest BCUT2D eigenvalue weighted by atomic mass is 9.75. The third-order valence-corrected chi connectivity index (χ3v) is 6.68. The number of benzene rings is 1. The second-order valence-electron chi connectivity index (χ2n) is 9.08. The van der Waals surface area contributed by atoms with Crippen molar-refractivity contribution in [3.8, 4) is 11.3 Å². The van der Waals surface area contributed by atoms with Crippen LogP contribution in [0, 0.1) is 5.41 Å². The van der Waals surface area contributed by atoms with Crippen LogP contribution < -0.4 is 10.0 Å². The fourth-order valence-corrected chi connectivity index (χ4v) is 5.14. The number of H-pyrrole nitrogens is 1. The summed E-state index contributed by atoms with van der Waals surface area (Å²) in [5, 5.41) is 3.32. The summed E-state index contributed by atoms with van der Waals surface area (Å²) in [7, 11) is -7.19. The Labute approximate surface area is 204 Å². The van der Waals surface area contributed by atoms with E-state index in [1.54, 1.807) is 12.1 Å². The molecule has 10 nitrogen and oxygen atoms in total. The Morgan fingerprint density at radius 3 is 2.46 bits per heavy atom. The number of hydrogen-bond donors (Lipinski definition) is 3. The summed E-state index contributed by atoms with van der Waals surface area (Å²) >= 11 is 0. The minimum Gasteiger partial charge on any atom is -0.356 e. The summed E-state index contributed by atoms with van der Waals surface area (Å²) in [6.07, 6.45) is 3.97. The lowest BCUT2D eigenvalue weighted by Gasteiger charge is -2.32. The molecule has 1 aromatic carbocycles. The average molecular weight is 519 g/mol. The van der Waals surface area contributed by atoms with Gasteiger partial charge in [-0.3, -0.25) is 13.7 Å². The maximum Gasteiger partial charge on any atom is 0.264 e. The number of para-hydroxylation sites is 1. The first kappa shape index (κ1) is 24.9. The van der Waals surface area contributed by atoms with E-state index in [9.17, 15) is 21.6 Å². The normalized spacial score (nSPS) is 18.2. The van der Waals surface area contributed by atoms with Crippen LogP contribution in [0.25, 0.3) is 11.3 Å². The Kier molecular flexibility index (Phi) is 6.47. The Hall–Kier alpha value is -3.22. The van der Waals surface area contributed by atoms with Gasteiger partial charge in [0.05, 0.1) is 36.1 Å². The number of rotatable bonds is 8. The molecule has 3 aromatic rings. The lowest BCUT2D eigenvalue weighted by Crippen LogP contribution is -2.34. The van der Waals surface area contributed by atoms with Crippen LogP contribution in [0.2, 0.25) is 0 Å². The smallest absolute Gasteiger partial charge is 0.264 e. The number of aromatic nitrogens is 2. The molecule has 1 aliphatic rings. The number of nitrogens with one attached hydrogen (secondary N) is 3. The van der Waals surface area contributed by atoms with E-state index in [1.165, 1.54) is 6.20 Å². The van der Waals surface area contributed by atoms with Crippen LogP contribution in [-0.2, 0) is 30.7 Å². The van der Waals surface area contributed by atoms with Crippen molar-refractivity contribution in [2.75, 3.05) is 29.2 Å². The third-order valence-electron chi connectivity index (χ3n) is 5.55. The minimum atomic E-state index is -3.66. The molecule has 0 fully saturated rings. The molecule has 1 unspecified atom stereocenters. The summed E-state index contributed by atoms with van der Waals surface area (Å²) in [6, 6.07) is 12.6. The van der Waals surface area contributed by atoms with Crippen LogP contribution in [0.5, 0.6) is 0 Å². The maximum absolute atomic E-state index is 13.4. The van der Waals surface area contributed by atoms with Crippen LogP contribution in [-0.4, -0.2) is 51.7 Å². The average Bonchev–Trinajstić information content (AvgIpc) is 3.10. The van der Waals surface area contributed by atoms with Gasteiger partial charge in [-0.15, -0.1) is 0 Å². The Morgan fingerprint density at radius 2 is 1.80 bits per heavy atom. The highest BCUT2D eigenvalue weighted by Crippen LogP contribution is 2.44. The van der Waals surface area contributed by atoms with E-state index in [-0.39, 0.29) is 24.6 Å². The molecule has 0 saturated carbocycles. The fraction of sp³-hybridized carbons (Fsp3) is 0.304. The number of aromatic amines is 1. The number of fused-ring (bicyclic) bond motifs is 1. The highest BCUT2D eigenvalue weighted by Gasteiger charge is 2.39. The van der Waals surface area contributed by atoms with E-state index in [4.69, 9.17) is 4.18 Å². The summed E-state index contributed by atoms with van der Waals surface area (Å²) in [5.74, 6) is -0.0173. The molecule has 0 saturated heterocycles. The number of anilines is 3. The quantitative estimate of drug-likeness (QED) is 0.385. The van der Waals surface area contributed by atoms with Crippen molar-refractivity contribution in [1.29, 1.82) is 0 Å². The highest BCUT2D eigenvalue weighted by atomic mass is 32.2. The molecule has 35 heavy (non-hydrogen) atoms. The predicted molar refractivity (Wildman–Crippen MR) is 134 cm³/mol. The second kappa shape index (κ2) is 9.10. The molecule has 0 aliphatic heterocycles. The predicted octanol–water partition coefficient (Wildman–Crippen LogP) is 3.30. The molecule has 0 radical (unpaired) electrons. The van der Waals surface area contributed by atoms with Crippen molar-refractivity contribution in [1.82, 2.24) is 9.97 Å². The van der Waals surface area contributed by atoms with E-state index < -0.39 is 25.6 Å². The first-order valence-electron chi connectivity index (χ1n) is 10.7. The molecule has 1 atom stereocenters. The van der Waals surface area contributed by atoms with Crippen molar-refractivity contribution in [2.24, 2.45) is 5.41 Å². The van der Waals surface area contributed by atoms with Gasteiger partial charge in [0.25, 0.3) is 10.1 Å². The molecule has 1 aliphatic carbocycles. The zero-order chi connectivity index (χ0) is 25.4. The zero-order valence-electron chi connectivity index (χ0n) is 19.5. The van der Waals surface area contributed by atoms with Crippen molar-refractivity contribution in [2.45, 2.75) is 19.8 Å². The van der Waals surface area contributed by atoms with Crippen LogP contribution in [0.15, 0.2) is 48.7 Å². The maximum atomic E-state index is 13.4. The molecule has 3 N–H and O–H groups in total. The Balaban J connectivity index is 1.80. The van der Waals surface area contributed by atoms with E-state index in [0.717, 1.165) is 18.2 Å². The molecule has 186 valence electrons. The van der Waals surface area contributed by atoms with Crippen LogP contribution in [0.4, 0.5) is 17.2 Å². The summed E-state index contributed by atoms with van der Waals surface area (Å²) in [4.78, 5) is 20.8. The van der Waals surface area contributed by atoms with Crippen molar-refractivity contribution < 1.29 is 25.8 Å². The molecule has 0 bridgehead atoms. The molecule has 4 rings (SSSR count). The van der Waals surface area contributed by atoms with E-state index in [0.29, 0.717) is 34.6 Å². The van der Waals surface area contributed by atoms with Gasteiger partial charge in [-0.1, -0.05) is 25.1 Å². The van der Waals surface area contributed by atoms with Gasteiger partial charge in [-0.05, 0) is 30.7 Å². The van der Waals surface area contributed by atoms with Gasteiger partial charge in [0.15, 0.2) is 5.78 Å². The number of Topliss-reactive ketones (excluding diaryl/α,β-unsaturated/α-hetero) is 1. The fourth-order valence-electron chi connectivity index (χ4n) is 4.15. The van der Waals surface area contributed by atoms with Gasteiger partial charge in [0, 0.05) is 35.0 Å². The molecule has 2 heterocycles. The van der Waals surface area contributed by atoms with Crippen LogP contribution in [0.1, 0.15) is 29.4 Å². The molecular weight excluding hydrogens is 492 g/mol. The number of pyridine rings is 1. The van der Waals surface area contributed by atoms with E-state index in [1.807, 2.05) is 37.3 Å². The SMILES string of the molecule is CC1(COS(C)(=O)=O)CC(=O)c2c([nH]c(-c3ccnc(NS(C)(=O)=O)c3)c2Nc2ccccc2)C1. The summed E-state index contributed by atoms with van der Waals surface area (Å²) in [5.41, 5.74) is 2.92. The highest BCUT2D eigenvalue weighted by molar-refractivity contribution is 7.92. The molecule has 0 spiro atoms. The number of carbonyl (C=O) groups is 1. The Bertz CT molecular complexity index is 1480. The van der Waals surface area contributed by atoms with Crippen molar-refractivity contribution in [3.05, 3.63) is 59.9 Å². The second-order valence-corrected chi connectivity index (χ2v) is 12.5. The topological polar surface area (TPSA) is 147 Å². The number of hydrogen-bond acceptors (Lipinski definition) is 8. The van der Waals surface area contributed by atoms with Crippen molar-refractivity contribution >= 4 is 43.1 Å². The van der Waals surface area contributed by atoms with Gasteiger partial charge in [0.1, 0.15) is 5.82 Å². The first-order valence-corrected chi connectivity index (χ1v) is 14.4. The Morgan fingerprint density at radius 1 is 1.09 bits per heavy atom. The summed E-state index contributed by atoms with van der Waals surface area (Å²) < 4.78 is 53.9. The largest absolute Gasteiger partial charge is 0.356 e. The van der Waals surface area contributed by atoms with Gasteiger partial charge in [-0.2, -0.15) is 8.42 Å². The number of ketones is 1. The standard InChI is InChI=1S/C23H26N4O6S2/c1-23(14-33-35(3,31)32)12-17-20(18(28)13-23)22(25-16-7-5-4-6-8-16)21(26-17)15-9-10-24-19(11-15)27-34(2,29)30/h4-11,25-26H,12-14H2,1-3H3,(H,24,27). The van der Waals surface area contributed by atoms with Crippen LogP contribution in [0.3, 0.4) is 0 Å². The van der Waals surface area contributed by atoms with Crippen molar-refractivity contribution in [3.63, 3.8) is 0 Å². The van der Waals surface area contributed by atoms with E-state index >= 15 is 0 Å². The number of carbonyl (C=O) groups excluding carboxylic acids is 1. The van der Waals surface area contributed by atoms with Gasteiger partial charge >= 0.3 is 0 Å². The van der Waals surface area contributed by atoms with Crippen LogP contribution >= 0.6 is 0 Å². The molecule has 2 aromatic heterocycles. The monoisotopic (exact) mass is 518 g/mol. The first-order chi connectivity index (χ1) is 16.3. The number of nitrogens with zero attached hydrogens (tertiary/aromatic N) is 1. The van der Waals surface area contributed by atoms with Gasteiger partial charge in [0.2, 0.25) is 10.0 Å². The lowest BCUT2D eigenvalue weighted by molar-refractivity contribution is 0.0825. The summed E-state index contributed by atoms with van der Waals surface area (Å²) in [6.45, 7) is 1.69. The van der Waals surface area contributed by atoms with Gasteiger partial charge in [-0.25, -0.2) is 13.4 Å². The number of sulfonamides is 1.